The van der Waals surface area contributed by atoms with Crippen LogP contribution < -0.4 is 5.73 Å². The molecule has 2 aliphatic rings. The zero-order valence-electron chi connectivity index (χ0n) is 13.2. The van der Waals surface area contributed by atoms with Gasteiger partial charge in [-0.15, -0.1) is 0 Å². The molecule has 2 N–H and O–H groups in total. The lowest BCUT2D eigenvalue weighted by molar-refractivity contribution is -0.131. The van der Waals surface area contributed by atoms with Gasteiger partial charge in [-0.3, -0.25) is 0 Å². The lowest BCUT2D eigenvalue weighted by atomic mass is 9.74. The second kappa shape index (κ2) is 6.94. The summed E-state index contributed by atoms with van der Waals surface area (Å²) in [7, 11) is -2.98. The van der Waals surface area contributed by atoms with Crippen molar-refractivity contribution < 1.29 is 17.9 Å². The van der Waals surface area contributed by atoms with Gasteiger partial charge in [0.05, 0.1) is 10.9 Å². The highest BCUT2D eigenvalue weighted by molar-refractivity contribution is 7.91. The minimum atomic E-state index is -2.98. The second-order valence-corrected chi connectivity index (χ2v) is 8.84. The summed E-state index contributed by atoms with van der Waals surface area (Å²) >= 11 is 0. The maximum Gasteiger partial charge on any atom is 0.150 e. The topological polar surface area (TPSA) is 78.6 Å². The fraction of sp³-hybridized carbons (Fsp3) is 1.00. The molecular formula is C15H29NO4S. The third kappa shape index (κ3) is 3.97. The molecule has 124 valence electrons. The Bertz CT molecular complexity index is 425. The van der Waals surface area contributed by atoms with Crippen LogP contribution in [0, 0.1) is 5.92 Å². The van der Waals surface area contributed by atoms with Gasteiger partial charge >= 0.3 is 0 Å². The summed E-state index contributed by atoms with van der Waals surface area (Å²) < 4.78 is 35.2. The van der Waals surface area contributed by atoms with Gasteiger partial charge in [-0.1, -0.05) is 6.42 Å². The van der Waals surface area contributed by atoms with E-state index in [1.807, 2.05) is 6.92 Å². The minimum Gasteiger partial charge on any atom is -0.381 e. The van der Waals surface area contributed by atoms with Crippen LogP contribution in [-0.2, 0) is 19.3 Å². The Balaban J connectivity index is 2.11. The average molecular weight is 319 g/mol. The van der Waals surface area contributed by atoms with E-state index in [1.54, 1.807) is 0 Å². The van der Waals surface area contributed by atoms with Gasteiger partial charge < -0.3 is 15.2 Å². The number of sulfone groups is 1. The highest BCUT2D eigenvalue weighted by Gasteiger charge is 2.44. The summed E-state index contributed by atoms with van der Waals surface area (Å²) in [6, 6.07) is -0.106. The zero-order chi connectivity index (χ0) is 15.5. The molecular weight excluding hydrogens is 290 g/mol. The molecule has 0 aromatic carbocycles. The van der Waals surface area contributed by atoms with Gasteiger partial charge in [0, 0.05) is 45.0 Å². The van der Waals surface area contributed by atoms with Gasteiger partial charge in [0.15, 0.2) is 0 Å². The molecule has 1 aliphatic carbocycles. The molecule has 6 heteroatoms. The molecule has 2 fully saturated rings. The second-order valence-electron chi connectivity index (χ2n) is 6.51. The predicted molar refractivity (Wildman–Crippen MR) is 83.0 cm³/mol. The highest BCUT2D eigenvalue weighted by atomic mass is 32.2. The number of ether oxygens (including phenoxy) is 2. The van der Waals surface area contributed by atoms with Crippen LogP contribution in [0.4, 0.5) is 0 Å². The predicted octanol–water partition coefficient (Wildman–Crippen LogP) is 1.50. The van der Waals surface area contributed by atoms with Crippen LogP contribution in [0.3, 0.4) is 0 Å². The fourth-order valence-electron chi connectivity index (χ4n) is 3.90. The Morgan fingerprint density at radius 1 is 1.33 bits per heavy atom. The molecule has 1 heterocycles. The Morgan fingerprint density at radius 2 is 2.00 bits per heavy atom. The van der Waals surface area contributed by atoms with E-state index in [2.05, 4.69) is 0 Å². The first-order chi connectivity index (χ1) is 9.89. The molecule has 3 atom stereocenters. The van der Waals surface area contributed by atoms with Gasteiger partial charge in [0.1, 0.15) is 9.84 Å². The molecule has 1 saturated carbocycles. The third-order valence-electron chi connectivity index (χ3n) is 5.16. The van der Waals surface area contributed by atoms with Gasteiger partial charge in [0.2, 0.25) is 0 Å². The fourth-order valence-corrected chi connectivity index (χ4v) is 5.10. The number of hydrogen-bond donors (Lipinski definition) is 1. The van der Waals surface area contributed by atoms with E-state index >= 15 is 0 Å². The normalized spacial score (nSPS) is 31.8. The van der Waals surface area contributed by atoms with Crippen molar-refractivity contribution in [3.63, 3.8) is 0 Å². The Hall–Kier alpha value is -0.170. The molecule has 3 unspecified atom stereocenters. The van der Waals surface area contributed by atoms with E-state index in [0.717, 1.165) is 32.1 Å². The molecule has 0 spiro atoms. The largest absolute Gasteiger partial charge is 0.381 e. The van der Waals surface area contributed by atoms with E-state index < -0.39 is 9.84 Å². The first-order valence-corrected chi connectivity index (χ1v) is 10.0. The average Bonchev–Trinajstić information content (AvgIpc) is 2.47. The van der Waals surface area contributed by atoms with Crippen molar-refractivity contribution in [2.24, 2.45) is 11.7 Å². The summed E-state index contributed by atoms with van der Waals surface area (Å²) in [5, 5.41) is -0.235. The van der Waals surface area contributed by atoms with E-state index in [-0.39, 0.29) is 22.8 Å². The summed E-state index contributed by atoms with van der Waals surface area (Å²) in [5.41, 5.74) is 6.24. The maximum atomic E-state index is 11.8. The molecule has 0 aromatic heterocycles. The summed E-state index contributed by atoms with van der Waals surface area (Å²) in [6.45, 7) is 3.98. The van der Waals surface area contributed by atoms with Crippen molar-refractivity contribution in [1.29, 1.82) is 0 Å². The standard InChI is InChI=1S/C15H29NO4S/c1-3-20-15(7-9-19-10-8-15)14(16)12-5-4-6-13(11-12)21(2,17)18/h12-14H,3-11,16H2,1-2H3. The molecule has 1 saturated heterocycles. The van der Waals surface area contributed by atoms with E-state index in [9.17, 15) is 8.42 Å². The number of hydrogen-bond acceptors (Lipinski definition) is 5. The molecule has 5 nitrogen and oxygen atoms in total. The van der Waals surface area contributed by atoms with Crippen molar-refractivity contribution in [1.82, 2.24) is 0 Å². The summed E-state index contributed by atoms with van der Waals surface area (Å²) in [6.07, 6.45) is 6.35. The van der Waals surface area contributed by atoms with Gasteiger partial charge in [-0.05, 0) is 32.1 Å². The van der Waals surface area contributed by atoms with Crippen molar-refractivity contribution in [2.75, 3.05) is 26.1 Å². The van der Waals surface area contributed by atoms with E-state index in [1.165, 1.54) is 6.26 Å². The summed E-state index contributed by atoms with van der Waals surface area (Å²) in [4.78, 5) is 0. The van der Waals surface area contributed by atoms with E-state index in [0.29, 0.717) is 26.2 Å². The van der Waals surface area contributed by atoms with Crippen LogP contribution in [0.25, 0.3) is 0 Å². The van der Waals surface area contributed by atoms with Crippen LogP contribution >= 0.6 is 0 Å². The summed E-state index contributed by atoms with van der Waals surface area (Å²) in [5.74, 6) is 0.225. The first-order valence-electron chi connectivity index (χ1n) is 8.05. The van der Waals surface area contributed by atoms with Crippen molar-refractivity contribution in [3.05, 3.63) is 0 Å². The Labute approximate surface area is 128 Å². The lowest BCUT2D eigenvalue weighted by Crippen LogP contribution is -2.57. The minimum absolute atomic E-state index is 0.106. The highest BCUT2D eigenvalue weighted by Crippen LogP contribution is 2.38. The van der Waals surface area contributed by atoms with Crippen LogP contribution in [0.1, 0.15) is 45.4 Å². The molecule has 0 bridgehead atoms. The monoisotopic (exact) mass is 319 g/mol. The van der Waals surface area contributed by atoms with Crippen molar-refractivity contribution in [2.45, 2.75) is 62.3 Å². The molecule has 21 heavy (non-hydrogen) atoms. The molecule has 1 aliphatic heterocycles. The number of nitrogens with two attached hydrogens (primary N) is 1. The molecule has 0 amide bonds. The van der Waals surface area contributed by atoms with Crippen LogP contribution in [-0.4, -0.2) is 51.4 Å². The number of rotatable bonds is 5. The SMILES string of the molecule is CCOC1(C(N)C2CCCC(S(C)(=O)=O)C2)CCOCC1. The van der Waals surface area contributed by atoms with Gasteiger partial charge in [-0.2, -0.15) is 0 Å². The van der Waals surface area contributed by atoms with Crippen molar-refractivity contribution >= 4 is 9.84 Å². The quantitative estimate of drug-likeness (QED) is 0.831. The third-order valence-corrected chi connectivity index (χ3v) is 6.80. The smallest absolute Gasteiger partial charge is 0.150 e. The molecule has 2 rings (SSSR count). The Morgan fingerprint density at radius 3 is 2.57 bits per heavy atom. The van der Waals surface area contributed by atoms with Crippen LogP contribution in [0.2, 0.25) is 0 Å². The van der Waals surface area contributed by atoms with Crippen LogP contribution in [0.5, 0.6) is 0 Å². The molecule has 0 radical (unpaired) electrons. The van der Waals surface area contributed by atoms with Gasteiger partial charge in [-0.25, -0.2) is 8.42 Å². The van der Waals surface area contributed by atoms with Crippen LogP contribution in [0.15, 0.2) is 0 Å². The van der Waals surface area contributed by atoms with Crippen molar-refractivity contribution in [3.8, 4) is 0 Å². The first kappa shape index (κ1) is 17.2. The Kier molecular flexibility index (Phi) is 5.68. The molecule has 0 aromatic rings. The maximum absolute atomic E-state index is 11.8. The van der Waals surface area contributed by atoms with Gasteiger partial charge in [0.25, 0.3) is 0 Å². The van der Waals surface area contributed by atoms with E-state index in [4.69, 9.17) is 15.2 Å². The zero-order valence-corrected chi connectivity index (χ0v) is 14.0. The lowest BCUT2D eigenvalue weighted by Gasteiger charge is -2.46.